The number of aromatic nitrogens is 1. The summed E-state index contributed by atoms with van der Waals surface area (Å²) in [5.74, 6) is 2.17. The fraction of sp³-hybridized carbons (Fsp3) is 0.727. The quantitative estimate of drug-likeness (QED) is 0.701. The summed E-state index contributed by atoms with van der Waals surface area (Å²) in [4.78, 5) is 4.21. The molecule has 0 aromatic carbocycles. The van der Waals surface area contributed by atoms with Crippen molar-refractivity contribution < 1.29 is 9.15 Å². The molecular weight excluding hydrogens is 192 g/mol. The van der Waals surface area contributed by atoms with Crippen LogP contribution in [0.5, 0.6) is 0 Å². The van der Waals surface area contributed by atoms with Gasteiger partial charge in [0.05, 0.1) is 19.3 Å². The van der Waals surface area contributed by atoms with Crippen molar-refractivity contribution in [1.29, 1.82) is 0 Å². The summed E-state index contributed by atoms with van der Waals surface area (Å²) in [6, 6.07) is 0. The average molecular weight is 212 g/mol. The summed E-state index contributed by atoms with van der Waals surface area (Å²) in [5, 5.41) is 3.19. The number of nitrogens with one attached hydrogen (secondary N) is 1. The third-order valence-electron chi connectivity index (χ3n) is 2.43. The Hall–Kier alpha value is -0.870. The van der Waals surface area contributed by atoms with Crippen LogP contribution in [0.25, 0.3) is 0 Å². The van der Waals surface area contributed by atoms with Crippen molar-refractivity contribution in [2.45, 2.75) is 32.7 Å². The molecule has 0 aliphatic carbocycles. The molecule has 1 heterocycles. The zero-order valence-corrected chi connectivity index (χ0v) is 9.75. The van der Waals surface area contributed by atoms with Crippen LogP contribution in [0, 0.1) is 0 Å². The summed E-state index contributed by atoms with van der Waals surface area (Å²) in [5.41, 5.74) is 0. The third kappa shape index (κ3) is 4.01. The van der Waals surface area contributed by atoms with E-state index < -0.39 is 0 Å². The van der Waals surface area contributed by atoms with Crippen LogP contribution in [0.2, 0.25) is 0 Å². The summed E-state index contributed by atoms with van der Waals surface area (Å²) in [6.45, 7) is 6.47. The molecule has 0 aliphatic heterocycles. The first-order valence-corrected chi connectivity index (χ1v) is 5.42. The lowest BCUT2D eigenvalue weighted by molar-refractivity contribution is 0.198. The van der Waals surface area contributed by atoms with Gasteiger partial charge in [-0.25, -0.2) is 4.98 Å². The molecule has 15 heavy (non-hydrogen) atoms. The second-order valence-electron chi connectivity index (χ2n) is 3.64. The van der Waals surface area contributed by atoms with Crippen LogP contribution >= 0.6 is 0 Å². The Morgan fingerprint density at radius 3 is 3.07 bits per heavy atom. The molecule has 0 saturated heterocycles. The lowest BCUT2D eigenvalue weighted by Gasteiger charge is -2.02. The van der Waals surface area contributed by atoms with E-state index in [1.807, 2.05) is 6.20 Å². The minimum atomic E-state index is 0.449. The van der Waals surface area contributed by atoms with Crippen molar-refractivity contribution in [1.82, 2.24) is 10.3 Å². The number of rotatable bonds is 7. The summed E-state index contributed by atoms with van der Waals surface area (Å²) < 4.78 is 10.5. The Labute approximate surface area is 91.0 Å². The second-order valence-corrected chi connectivity index (χ2v) is 3.64. The Morgan fingerprint density at radius 2 is 2.40 bits per heavy atom. The number of methoxy groups -OCH3 is 1. The van der Waals surface area contributed by atoms with Gasteiger partial charge in [-0.05, 0) is 6.42 Å². The van der Waals surface area contributed by atoms with Gasteiger partial charge in [0, 0.05) is 19.6 Å². The first kappa shape index (κ1) is 12.2. The number of hydrogen-bond donors (Lipinski definition) is 1. The van der Waals surface area contributed by atoms with Crippen molar-refractivity contribution in [2.75, 3.05) is 20.3 Å². The van der Waals surface area contributed by atoms with E-state index >= 15 is 0 Å². The van der Waals surface area contributed by atoms with E-state index in [-0.39, 0.29) is 0 Å². The van der Waals surface area contributed by atoms with E-state index in [1.165, 1.54) is 0 Å². The maximum Gasteiger partial charge on any atom is 0.208 e. The highest BCUT2D eigenvalue weighted by Crippen LogP contribution is 2.18. The summed E-state index contributed by atoms with van der Waals surface area (Å²) in [6.07, 6.45) is 2.90. The van der Waals surface area contributed by atoms with Crippen LogP contribution in [0.4, 0.5) is 0 Å². The molecule has 0 radical (unpaired) electrons. The smallest absolute Gasteiger partial charge is 0.208 e. The molecule has 0 spiro atoms. The van der Waals surface area contributed by atoms with E-state index in [2.05, 4.69) is 24.1 Å². The monoisotopic (exact) mass is 212 g/mol. The molecule has 1 atom stereocenters. The van der Waals surface area contributed by atoms with Crippen LogP contribution in [0.1, 0.15) is 37.8 Å². The molecule has 1 unspecified atom stereocenters. The highest BCUT2D eigenvalue weighted by molar-refractivity contribution is 4.99. The Morgan fingerprint density at radius 1 is 1.60 bits per heavy atom. The van der Waals surface area contributed by atoms with Gasteiger partial charge in [-0.2, -0.15) is 0 Å². The van der Waals surface area contributed by atoms with E-state index in [0.717, 1.165) is 24.6 Å². The van der Waals surface area contributed by atoms with Gasteiger partial charge in [-0.1, -0.05) is 13.8 Å². The van der Waals surface area contributed by atoms with Crippen LogP contribution < -0.4 is 5.32 Å². The average Bonchev–Trinajstić information content (AvgIpc) is 2.72. The summed E-state index contributed by atoms with van der Waals surface area (Å²) >= 11 is 0. The molecule has 1 N–H and O–H groups in total. The van der Waals surface area contributed by atoms with Crippen molar-refractivity contribution in [3.05, 3.63) is 17.8 Å². The first-order valence-electron chi connectivity index (χ1n) is 5.42. The fourth-order valence-electron chi connectivity index (χ4n) is 1.20. The highest BCUT2D eigenvalue weighted by Gasteiger charge is 2.09. The zero-order chi connectivity index (χ0) is 11.1. The number of oxazole rings is 1. The van der Waals surface area contributed by atoms with Gasteiger partial charge in [0.1, 0.15) is 5.76 Å². The fourth-order valence-corrected chi connectivity index (χ4v) is 1.20. The Bertz CT molecular complexity index is 273. The van der Waals surface area contributed by atoms with Gasteiger partial charge in [0.15, 0.2) is 0 Å². The molecule has 0 aliphatic rings. The van der Waals surface area contributed by atoms with E-state index in [4.69, 9.17) is 9.15 Å². The van der Waals surface area contributed by atoms with Gasteiger partial charge in [-0.15, -0.1) is 0 Å². The van der Waals surface area contributed by atoms with Gasteiger partial charge in [0.2, 0.25) is 5.89 Å². The van der Waals surface area contributed by atoms with Crippen molar-refractivity contribution in [2.24, 2.45) is 0 Å². The Balaban J connectivity index is 2.33. The van der Waals surface area contributed by atoms with Gasteiger partial charge in [0.25, 0.3) is 0 Å². The van der Waals surface area contributed by atoms with Crippen LogP contribution in [-0.2, 0) is 11.3 Å². The SMILES string of the molecule is CCC(C)c1cnc(CNCCOC)o1. The van der Waals surface area contributed by atoms with E-state index in [1.54, 1.807) is 7.11 Å². The van der Waals surface area contributed by atoms with Crippen LogP contribution in [0.3, 0.4) is 0 Å². The highest BCUT2D eigenvalue weighted by atomic mass is 16.5. The third-order valence-corrected chi connectivity index (χ3v) is 2.43. The van der Waals surface area contributed by atoms with Crippen LogP contribution in [-0.4, -0.2) is 25.2 Å². The van der Waals surface area contributed by atoms with Crippen molar-refractivity contribution >= 4 is 0 Å². The molecule has 0 fully saturated rings. The topological polar surface area (TPSA) is 47.3 Å². The molecular formula is C11H20N2O2. The minimum absolute atomic E-state index is 0.449. The van der Waals surface area contributed by atoms with Crippen molar-refractivity contribution in [3.8, 4) is 0 Å². The van der Waals surface area contributed by atoms with Crippen molar-refractivity contribution in [3.63, 3.8) is 0 Å². The molecule has 0 bridgehead atoms. The lowest BCUT2D eigenvalue weighted by atomic mass is 10.1. The minimum Gasteiger partial charge on any atom is -0.444 e. The second kappa shape index (κ2) is 6.58. The molecule has 0 amide bonds. The largest absolute Gasteiger partial charge is 0.444 e. The summed E-state index contributed by atoms with van der Waals surface area (Å²) in [7, 11) is 1.69. The molecule has 1 rings (SSSR count). The predicted octanol–water partition coefficient (Wildman–Crippen LogP) is 1.92. The Kier molecular flexibility index (Phi) is 5.36. The number of ether oxygens (including phenoxy) is 1. The zero-order valence-electron chi connectivity index (χ0n) is 9.75. The number of hydrogen-bond acceptors (Lipinski definition) is 4. The molecule has 86 valence electrons. The number of nitrogens with zero attached hydrogens (tertiary/aromatic N) is 1. The lowest BCUT2D eigenvalue weighted by Crippen LogP contribution is -2.18. The van der Waals surface area contributed by atoms with Gasteiger partial charge in [-0.3, -0.25) is 0 Å². The standard InChI is InChI=1S/C11H20N2O2/c1-4-9(2)10-7-13-11(15-10)8-12-5-6-14-3/h7,9,12H,4-6,8H2,1-3H3. The molecule has 1 aromatic rings. The predicted molar refractivity (Wildman–Crippen MR) is 58.8 cm³/mol. The van der Waals surface area contributed by atoms with Gasteiger partial charge >= 0.3 is 0 Å². The van der Waals surface area contributed by atoms with E-state index in [0.29, 0.717) is 19.1 Å². The van der Waals surface area contributed by atoms with Crippen LogP contribution in [0.15, 0.2) is 10.6 Å². The normalized spacial score (nSPS) is 13.0. The molecule has 4 nitrogen and oxygen atoms in total. The van der Waals surface area contributed by atoms with E-state index in [9.17, 15) is 0 Å². The molecule has 4 heteroatoms. The molecule has 0 saturated carbocycles. The molecule has 1 aromatic heterocycles. The maximum atomic E-state index is 5.60. The first-order chi connectivity index (χ1) is 7.27. The van der Waals surface area contributed by atoms with Gasteiger partial charge < -0.3 is 14.5 Å². The maximum absolute atomic E-state index is 5.60.